The van der Waals surface area contributed by atoms with Crippen LogP contribution in [0.3, 0.4) is 0 Å². The Morgan fingerprint density at radius 3 is 2.96 bits per heavy atom. The van der Waals surface area contributed by atoms with Gasteiger partial charge < -0.3 is 10.2 Å². The number of likely N-dealkylation sites (tertiary alicyclic amines) is 1. The molecule has 0 aliphatic carbocycles. The lowest BCUT2D eigenvalue weighted by Gasteiger charge is -2.14. The SMILES string of the molecule is O=C(CCN1CCCC1)n1cc(C2=CCNCC2)c2ncccc21. The Labute approximate surface area is 142 Å². The van der Waals surface area contributed by atoms with E-state index in [1.807, 2.05) is 29.1 Å². The Kier molecular flexibility index (Phi) is 4.45. The molecule has 126 valence electrons. The second-order valence-corrected chi connectivity index (χ2v) is 6.66. The van der Waals surface area contributed by atoms with E-state index in [4.69, 9.17) is 0 Å². The van der Waals surface area contributed by atoms with Crippen LogP contribution in [0.2, 0.25) is 0 Å². The van der Waals surface area contributed by atoms with Crippen LogP contribution in [0.5, 0.6) is 0 Å². The smallest absolute Gasteiger partial charge is 0.232 e. The van der Waals surface area contributed by atoms with Gasteiger partial charge in [0.1, 0.15) is 0 Å². The van der Waals surface area contributed by atoms with E-state index >= 15 is 0 Å². The maximum Gasteiger partial charge on any atom is 0.232 e. The van der Waals surface area contributed by atoms with Crippen LogP contribution in [0.15, 0.2) is 30.6 Å². The summed E-state index contributed by atoms with van der Waals surface area (Å²) in [5.41, 5.74) is 4.28. The van der Waals surface area contributed by atoms with Gasteiger partial charge in [0.05, 0.1) is 11.0 Å². The second-order valence-electron chi connectivity index (χ2n) is 6.66. The highest BCUT2D eigenvalue weighted by Gasteiger charge is 2.19. The fourth-order valence-electron chi connectivity index (χ4n) is 3.75. The van der Waals surface area contributed by atoms with Gasteiger partial charge in [-0.1, -0.05) is 6.08 Å². The molecule has 1 N–H and O–H groups in total. The molecule has 4 rings (SSSR count). The lowest BCUT2D eigenvalue weighted by atomic mass is 10.0. The summed E-state index contributed by atoms with van der Waals surface area (Å²) >= 11 is 0. The first kappa shape index (κ1) is 15.5. The minimum absolute atomic E-state index is 0.167. The van der Waals surface area contributed by atoms with Crippen LogP contribution in [0.25, 0.3) is 16.6 Å². The Hall–Kier alpha value is -1.98. The first-order valence-corrected chi connectivity index (χ1v) is 8.95. The van der Waals surface area contributed by atoms with Crippen LogP contribution in [-0.4, -0.2) is 53.1 Å². The number of rotatable bonds is 4. The quantitative estimate of drug-likeness (QED) is 0.939. The molecule has 0 radical (unpaired) electrons. The number of nitrogens with one attached hydrogen (secondary N) is 1. The zero-order valence-corrected chi connectivity index (χ0v) is 14.0. The van der Waals surface area contributed by atoms with Gasteiger partial charge in [0.15, 0.2) is 0 Å². The van der Waals surface area contributed by atoms with Crippen molar-refractivity contribution in [3.63, 3.8) is 0 Å². The number of fused-ring (bicyclic) bond motifs is 1. The van der Waals surface area contributed by atoms with Crippen molar-refractivity contribution >= 4 is 22.5 Å². The maximum absolute atomic E-state index is 12.8. The van der Waals surface area contributed by atoms with E-state index in [-0.39, 0.29) is 5.91 Å². The van der Waals surface area contributed by atoms with Crippen LogP contribution in [0.4, 0.5) is 0 Å². The third kappa shape index (κ3) is 3.01. The number of carbonyl (C=O) groups excluding carboxylic acids is 1. The van der Waals surface area contributed by atoms with E-state index in [2.05, 4.69) is 21.3 Å². The van der Waals surface area contributed by atoms with E-state index < -0.39 is 0 Å². The van der Waals surface area contributed by atoms with Crippen molar-refractivity contribution in [2.24, 2.45) is 0 Å². The molecular weight excluding hydrogens is 300 g/mol. The minimum Gasteiger partial charge on any atom is -0.313 e. The van der Waals surface area contributed by atoms with Crippen molar-refractivity contribution in [3.05, 3.63) is 36.2 Å². The molecule has 5 heteroatoms. The van der Waals surface area contributed by atoms with E-state index in [1.54, 1.807) is 0 Å². The second kappa shape index (κ2) is 6.87. The summed E-state index contributed by atoms with van der Waals surface area (Å²) in [5.74, 6) is 0.167. The minimum atomic E-state index is 0.167. The Balaban J connectivity index is 1.62. The molecule has 2 aromatic rings. The van der Waals surface area contributed by atoms with E-state index in [0.717, 1.165) is 55.7 Å². The molecule has 24 heavy (non-hydrogen) atoms. The zero-order valence-electron chi connectivity index (χ0n) is 14.0. The molecule has 1 fully saturated rings. The van der Waals surface area contributed by atoms with Crippen molar-refractivity contribution in [2.75, 3.05) is 32.7 Å². The lowest BCUT2D eigenvalue weighted by Crippen LogP contribution is -2.24. The molecular formula is C19H24N4O. The number of hydrogen-bond acceptors (Lipinski definition) is 4. The highest BCUT2D eigenvalue weighted by molar-refractivity contribution is 5.97. The number of carbonyl (C=O) groups is 1. The molecule has 0 aromatic carbocycles. The summed E-state index contributed by atoms with van der Waals surface area (Å²) in [6.45, 7) is 4.99. The van der Waals surface area contributed by atoms with Gasteiger partial charge in [-0.2, -0.15) is 0 Å². The third-order valence-corrected chi connectivity index (χ3v) is 5.08. The molecule has 1 saturated heterocycles. The third-order valence-electron chi connectivity index (χ3n) is 5.08. The summed E-state index contributed by atoms with van der Waals surface area (Å²) < 4.78 is 1.82. The largest absolute Gasteiger partial charge is 0.313 e. The molecule has 0 saturated carbocycles. The van der Waals surface area contributed by atoms with Gasteiger partial charge in [-0.05, 0) is 56.6 Å². The molecule has 0 unspecified atom stereocenters. The summed E-state index contributed by atoms with van der Waals surface area (Å²) in [7, 11) is 0. The fourth-order valence-corrected chi connectivity index (χ4v) is 3.75. The van der Waals surface area contributed by atoms with Crippen LogP contribution >= 0.6 is 0 Å². The van der Waals surface area contributed by atoms with Gasteiger partial charge in [0, 0.05) is 37.5 Å². The van der Waals surface area contributed by atoms with Crippen molar-refractivity contribution in [3.8, 4) is 0 Å². The van der Waals surface area contributed by atoms with Gasteiger partial charge >= 0.3 is 0 Å². The predicted octanol–water partition coefficient (Wildman–Crippen LogP) is 2.54. The molecule has 2 aromatic heterocycles. The Bertz CT molecular complexity index is 771. The molecule has 0 amide bonds. The summed E-state index contributed by atoms with van der Waals surface area (Å²) in [6.07, 6.45) is 10.1. The van der Waals surface area contributed by atoms with Gasteiger partial charge in [-0.3, -0.25) is 14.3 Å². The summed E-state index contributed by atoms with van der Waals surface area (Å²) in [4.78, 5) is 19.7. The molecule has 0 atom stereocenters. The van der Waals surface area contributed by atoms with Gasteiger partial charge in [-0.25, -0.2) is 0 Å². The summed E-state index contributed by atoms with van der Waals surface area (Å²) in [5, 5.41) is 3.34. The summed E-state index contributed by atoms with van der Waals surface area (Å²) in [6, 6.07) is 3.91. The van der Waals surface area contributed by atoms with Crippen LogP contribution in [-0.2, 0) is 0 Å². The van der Waals surface area contributed by atoms with E-state index in [0.29, 0.717) is 6.42 Å². The van der Waals surface area contributed by atoms with Gasteiger partial charge in [-0.15, -0.1) is 0 Å². The molecule has 5 nitrogen and oxygen atoms in total. The topological polar surface area (TPSA) is 50.2 Å². The molecule has 0 spiro atoms. The van der Waals surface area contributed by atoms with Crippen LogP contribution in [0.1, 0.15) is 36.0 Å². The first-order chi connectivity index (χ1) is 11.8. The van der Waals surface area contributed by atoms with E-state index in [9.17, 15) is 4.79 Å². The highest BCUT2D eigenvalue weighted by Crippen LogP contribution is 2.28. The average Bonchev–Trinajstić information content (AvgIpc) is 3.28. The number of pyridine rings is 1. The maximum atomic E-state index is 12.8. The molecule has 2 aliphatic rings. The van der Waals surface area contributed by atoms with Crippen LogP contribution in [0, 0.1) is 0 Å². The van der Waals surface area contributed by atoms with Gasteiger partial charge in [0.2, 0.25) is 5.91 Å². The zero-order chi connectivity index (χ0) is 16.4. The average molecular weight is 324 g/mol. The Morgan fingerprint density at radius 2 is 2.17 bits per heavy atom. The van der Waals surface area contributed by atoms with Crippen molar-refractivity contribution in [1.82, 2.24) is 19.8 Å². The normalized spacial score (nSPS) is 18.9. The molecule has 0 bridgehead atoms. The molecule has 2 aliphatic heterocycles. The van der Waals surface area contributed by atoms with Crippen LogP contribution < -0.4 is 5.32 Å². The standard InChI is InChI=1S/C19H24N4O/c24-18(7-13-22-11-1-2-12-22)23-14-16(15-5-9-20-10-6-15)19-17(23)4-3-8-21-19/h3-5,8,14,20H,1-2,6-7,9-13H2. The fraction of sp³-hybridized carbons (Fsp3) is 0.474. The van der Waals surface area contributed by atoms with Crippen molar-refractivity contribution in [2.45, 2.75) is 25.7 Å². The monoisotopic (exact) mass is 324 g/mol. The highest BCUT2D eigenvalue weighted by atomic mass is 16.2. The first-order valence-electron chi connectivity index (χ1n) is 8.95. The predicted molar refractivity (Wildman–Crippen MR) is 96.1 cm³/mol. The van der Waals surface area contributed by atoms with E-state index in [1.165, 1.54) is 18.4 Å². The Morgan fingerprint density at radius 1 is 1.29 bits per heavy atom. The van der Waals surface area contributed by atoms with Crippen molar-refractivity contribution < 1.29 is 4.79 Å². The van der Waals surface area contributed by atoms with Gasteiger partial charge in [0.25, 0.3) is 0 Å². The lowest BCUT2D eigenvalue weighted by molar-refractivity contribution is 0.0893. The van der Waals surface area contributed by atoms with Crippen molar-refractivity contribution in [1.29, 1.82) is 0 Å². The molecule has 4 heterocycles. The number of nitrogens with zero attached hydrogens (tertiary/aromatic N) is 3. The number of aromatic nitrogens is 2. The number of hydrogen-bond donors (Lipinski definition) is 1.